The highest BCUT2D eigenvalue weighted by atomic mass is 19.4. The molecule has 12 amide bonds. The molecule has 0 unspecified atom stereocenters. The van der Waals surface area contributed by atoms with E-state index in [0.29, 0.717) is 0 Å². The summed E-state index contributed by atoms with van der Waals surface area (Å²) in [5, 5.41) is 21.9. The van der Waals surface area contributed by atoms with Gasteiger partial charge in [-0.25, -0.2) is 27.6 Å². The van der Waals surface area contributed by atoms with Crippen LogP contribution in [0, 0.1) is 40.6 Å². The zero-order chi connectivity index (χ0) is 77.8. The van der Waals surface area contributed by atoms with E-state index in [9.17, 15) is 105 Å². The van der Waals surface area contributed by atoms with Gasteiger partial charge < -0.3 is 42.5 Å². The van der Waals surface area contributed by atoms with Crippen molar-refractivity contribution in [3.8, 4) is 34.2 Å². The second kappa shape index (κ2) is 25.6. The number of nitrogens with zero attached hydrogens (tertiary/aromatic N) is 9. The number of amides is 12. The van der Waals surface area contributed by atoms with Gasteiger partial charge in [-0.15, -0.1) is 0 Å². The fraction of sp³-hybridized carbons (Fsp3) is 0.450. The molecule has 3 aromatic carbocycles. The van der Waals surface area contributed by atoms with Gasteiger partial charge in [-0.2, -0.15) is 76.4 Å². The number of hydrogen-bond acceptors (Lipinski definition) is 24. The molecule has 9 aliphatic rings. The monoisotopic (exact) mass is 1540 g/mol. The largest absolute Gasteiger partial charge is 0.471 e. The van der Waals surface area contributed by atoms with Gasteiger partial charge in [0.25, 0.3) is 5.89 Å². The van der Waals surface area contributed by atoms with Crippen molar-refractivity contribution in [2.75, 3.05) is 34.3 Å². The van der Waals surface area contributed by atoms with Gasteiger partial charge in [0.2, 0.25) is 58.8 Å². The lowest BCUT2D eigenvalue weighted by molar-refractivity contribution is -0.243. The third-order valence-electron chi connectivity index (χ3n) is 19.4. The highest BCUT2D eigenvalue weighted by Gasteiger charge is 2.68. The van der Waals surface area contributed by atoms with E-state index < -0.39 is 240 Å². The SMILES string of the molecule is C[C@@H]1O[C@H](C(F)(F)F)CN2c3cc(F)c(-c4noc(C(F)(F)F)n4)cc3CC3(C(=O)NC(=O)NC3=O)[C@@H]12.C[C@@H]1O[C@H](C(F)(F)F)CN2c3cc(F)c(-c4noc(C(F)F)n4)cc3CC3(C(=O)NC(=O)NC3=O)[C@@H]12.Cc1nc(-c2cc3c(cc2F)N2C[C@@H](C(F)(F)F)O[C@@H](C)[C@@H]2C2(C3)C(=O)NC(=O)NC2=O)no1. The van der Waals surface area contributed by atoms with Crippen LogP contribution < -0.4 is 46.6 Å². The van der Waals surface area contributed by atoms with E-state index in [0.717, 1.165) is 45.0 Å². The lowest BCUT2D eigenvalue weighted by Gasteiger charge is -2.55. The molecule has 0 saturated carbocycles. The number of halogens is 17. The quantitative estimate of drug-likeness (QED) is 0.0846. The van der Waals surface area contributed by atoms with Crippen molar-refractivity contribution in [2.45, 2.75) is 133 Å². The summed E-state index contributed by atoms with van der Waals surface area (Å²) in [4.78, 5) is 127. The molecule has 107 heavy (non-hydrogen) atoms. The molecule has 0 aliphatic carbocycles. The summed E-state index contributed by atoms with van der Waals surface area (Å²) in [6, 6.07) is -1.45. The number of carbonyl (C=O) groups is 9. The topological polar surface area (TPSA) is 380 Å². The first kappa shape index (κ1) is 74.3. The fourth-order valence-electron chi connectivity index (χ4n) is 15.1. The minimum Gasteiger partial charge on any atom is -0.362 e. The first-order valence-electron chi connectivity index (χ1n) is 31.2. The van der Waals surface area contributed by atoms with Crippen LogP contribution in [0.5, 0.6) is 0 Å². The van der Waals surface area contributed by atoms with Crippen molar-refractivity contribution < 1.29 is 146 Å². The average Bonchev–Trinajstić information content (AvgIpc) is 1.70. The maximum Gasteiger partial charge on any atom is 0.471 e. The number of alkyl halides is 14. The van der Waals surface area contributed by atoms with Gasteiger partial charge in [-0.1, -0.05) is 15.5 Å². The van der Waals surface area contributed by atoms with Gasteiger partial charge >= 0.3 is 55.1 Å². The number of fused-ring (bicyclic) bond motifs is 12. The van der Waals surface area contributed by atoms with Crippen LogP contribution in [0.3, 0.4) is 0 Å². The normalized spacial score (nSPS) is 25.7. The van der Waals surface area contributed by atoms with Gasteiger partial charge in [-0.05, 0) is 93.1 Å². The van der Waals surface area contributed by atoms with Gasteiger partial charge in [0.1, 0.15) is 17.5 Å². The van der Waals surface area contributed by atoms with E-state index in [1.165, 1.54) is 33.8 Å². The summed E-state index contributed by atoms with van der Waals surface area (Å²) in [5.74, 6) is -13.7. The second-order valence-electron chi connectivity index (χ2n) is 25.8. The van der Waals surface area contributed by atoms with Crippen LogP contribution in [0.2, 0.25) is 0 Å². The van der Waals surface area contributed by atoms with Crippen LogP contribution in [0.1, 0.15) is 61.6 Å². The van der Waals surface area contributed by atoms with E-state index in [-0.39, 0.29) is 57.5 Å². The van der Waals surface area contributed by atoms with Crippen LogP contribution in [0.25, 0.3) is 34.2 Å². The fourth-order valence-corrected chi connectivity index (χ4v) is 15.1. The van der Waals surface area contributed by atoms with Crippen molar-refractivity contribution >= 4 is 70.6 Å². The Morgan fingerprint density at radius 3 is 0.981 bits per heavy atom. The molecule has 570 valence electrons. The zero-order valence-electron chi connectivity index (χ0n) is 54.1. The Bertz CT molecular complexity index is 4690. The predicted molar refractivity (Wildman–Crippen MR) is 312 cm³/mol. The molecule has 6 N–H and O–H groups in total. The van der Waals surface area contributed by atoms with Crippen molar-refractivity contribution in [1.82, 2.24) is 62.3 Å². The molecule has 6 fully saturated rings. The van der Waals surface area contributed by atoms with Crippen LogP contribution in [0.4, 0.5) is 106 Å². The molecule has 9 atom stereocenters. The molecule has 15 rings (SSSR count). The van der Waals surface area contributed by atoms with Crippen molar-refractivity contribution in [2.24, 2.45) is 16.2 Å². The molecular weight excluding hydrogens is 1490 g/mol. The molecular formula is C60H46F17N15O15. The maximum absolute atomic E-state index is 15.1. The Labute approximate surface area is 583 Å². The van der Waals surface area contributed by atoms with E-state index >= 15 is 13.2 Å². The maximum atomic E-state index is 15.1. The number of aryl methyl sites for hydroxylation is 1. The Morgan fingerprint density at radius 1 is 0.430 bits per heavy atom. The van der Waals surface area contributed by atoms with E-state index in [1.54, 1.807) is 0 Å². The van der Waals surface area contributed by atoms with Crippen LogP contribution in [-0.2, 0) is 68.4 Å². The van der Waals surface area contributed by atoms with E-state index in [1.807, 2.05) is 31.9 Å². The molecule has 47 heteroatoms. The van der Waals surface area contributed by atoms with E-state index in [2.05, 4.69) is 39.5 Å². The molecule has 6 saturated heterocycles. The number of anilines is 3. The average molecular weight is 1540 g/mol. The predicted octanol–water partition coefficient (Wildman–Crippen LogP) is 6.19. The zero-order valence-corrected chi connectivity index (χ0v) is 54.1. The van der Waals surface area contributed by atoms with Gasteiger partial charge in [0.15, 0.2) is 34.6 Å². The standard InChI is InChI=1S/C20H14F7N5O5.C20H15F6N5O5.C20H17F4N5O5/c1-6-12-18(14(33)29-17(35)30-15(18)34)4-7-2-8(13-28-16(37-31-13)20(25,26)27)9(21)3-10(7)32(12)5-11(36-6)19(22,23)24;1-6-12-19(16(32)28-18(34)29-17(19)33)4-7-2-8(14-27-15(13(22)23)36-30-14)9(21)3-10(7)31(12)5-11(35-6)20(24,25)26;1-7-14-19(16(30)26-18(32)27-17(19)31)5-9-3-10(15-25-8(2)34-28-15)11(21)4-12(9)29(14)6-13(33-7)20(22,23)24/h2-3,6,11-12H,4-5H2,1H3,(H2,29,30,33,34,35);2-3,6,11-13H,4-5H2,1H3,(H2,28,29,32,33,34);3-4,7,13-14H,5-6H2,1-2H3,(H2,26,27,30,31,32)/t2*6-,11-,12+;7-,13-,14+/m000/s1. The van der Waals surface area contributed by atoms with Gasteiger partial charge in [0.05, 0.1) is 72.8 Å². The summed E-state index contributed by atoms with van der Waals surface area (Å²) in [5.41, 5.74) is -7.58. The molecule has 6 aromatic rings. The smallest absolute Gasteiger partial charge is 0.362 e. The van der Waals surface area contributed by atoms with Gasteiger partial charge in [-0.3, -0.25) is 60.7 Å². The van der Waals surface area contributed by atoms with Gasteiger partial charge in [0, 0.05) is 24.0 Å². The number of benzene rings is 3. The van der Waals surface area contributed by atoms with Crippen molar-refractivity contribution in [3.63, 3.8) is 0 Å². The molecule has 0 radical (unpaired) electrons. The van der Waals surface area contributed by atoms with Crippen molar-refractivity contribution in [3.05, 3.63) is 88.2 Å². The van der Waals surface area contributed by atoms with Crippen LogP contribution in [-0.4, -0.2) is 177 Å². The Hall–Kier alpha value is -11.0. The molecule has 3 spiro atoms. The lowest BCUT2D eigenvalue weighted by Crippen LogP contribution is -2.76. The Kier molecular flexibility index (Phi) is 17.8. The minimum absolute atomic E-state index is 0.0146. The number of hydrogen-bond donors (Lipinski definition) is 6. The van der Waals surface area contributed by atoms with Crippen molar-refractivity contribution in [1.29, 1.82) is 0 Å². The minimum atomic E-state index is -5.03. The number of nitrogens with one attached hydrogen (secondary N) is 6. The summed E-state index contributed by atoms with van der Waals surface area (Å²) in [6.45, 7) is 2.59. The Balaban J connectivity index is 0.000000142. The number of imide groups is 6. The lowest BCUT2D eigenvalue weighted by atomic mass is 9.66. The molecule has 30 nitrogen and oxygen atoms in total. The summed E-state index contributed by atoms with van der Waals surface area (Å²) in [6.07, 6.45) is -35.0. The van der Waals surface area contributed by atoms with Crippen LogP contribution >= 0.6 is 0 Å². The highest BCUT2D eigenvalue weighted by Crippen LogP contribution is 2.54. The Morgan fingerprint density at radius 2 is 0.720 bits per heavy atom. The number of rotatable bonds is 4. The number of carbonyl (C=O) groups excluding carboxylic acids is 9. The highest BCUT2D eigenvalue weighted by molar-refractivity contribution is 6.22. The number of urea groups is 3. The summed E-state index contributed by atoms with van der Waals surface area (Å²) < 4.78 is 261. The molecule has 0 bridgehead atoms. The van der Waals surface area contributed by atoms with Crippen LogP contribution in [0.15, 0.2) is 50.0 Å². The summed E-state index contributed by atoms with van der Waals surface area (Å²) >= 11 is 0. The third-order valence-corrected chi connectivity index (χ3v) is 19.4. The first-order chi connectivity index (χ1) is 49.9. The first-order valence-corrected chi connectivity index (χ1v) is 31.2. The summed E-state index contributed by atoms with van der Waals surface area (Å²) in [7, 11) is 0. The second-order valence-corrected chi connectivity index (χ2v) is 25.8. The molecule has 3 aromatic heterocycles. The third kappa shape index (κ3) is 12.4. The number of barbiturate groups is 3. The molecule has 9 aliphatic heterocycles. The number of morpholine rings is 3. The number of ether oxygens (including phenoxy) is 3. The van der Waals surface area contributed by atoms with E-state index in [4.69, 9.17) is 18.7 Å². The number of aromatic nitrogens is 6. The molecule has 12 heterocycles.